The molecule has 0 unspecified atom stereocenters. The first-order valence-electron chi connectivity index (χ1n) is 9.73. The quantitative estimate of drug-likeness (QED) is 0.477. The average molecular weight is 405 g/mol. The van der Waals surface area contributed by atoms with Gasteiger partial charge in [-0.15, -0.1) is 0 Å². The Morgan fingerprint density at radius 2 is 1.93 bits per heavy atom. The first-order chi connectivity index (χ1) is 14.7. The van der Waals surface area contributed by atoms with Crippen LogP contribution >= 0.6 is 0 Å². The first-order valence-corrected chi connectivity index (χ1v) is 9.73. The third kappa shape index (κ3) is 3.30. The van der Waals surface area contributed by atoms with Crippen molar-refractivity contribution in [3.63, 3.8) is 0 Å². The number of ether oxygens (including phenoxy) is 1. The largest absolute Gasteiger partial charge is 0.378 e. The second-order valence-corrected chi connectivity index (χ2v) is 7.05. The fourth-order valence-corrected chi connectivity index (χ4v) is 3.79. The summed E-state index contributed by atoms with van der Waals surface area (Å²) in [5, 5.41) is 11.0. The number of morpholine rings is 1. The second kappa shape index (κ2) is 7.64. The highest BCUT2D eigenvalue weighted by molar-refractivity contribution is 5.76. The maximum atomic E-state index is 11.0. The third-order valence-electron chi connectivity index (χ3n) is 5.27. The number of nitrogens with zero attached hydrogens (tertiary/aromatic N) is 7. The minimum Gasteiger partial charge on any atom is -0.378 e. The predicted octanol–water partition coefficient (Wildman–Crippen LogP) is 2.37. The van der Waals surface area contributed by atoms with Gasteiger partial charge in [0, 0.05) is 43.0 Å². The minimum absolute atomic E-state index is 0.185. The fourth-order valence-electron chi connectivity index (χ4n) is 3.79. The molecule has 152 valence electrons. The van der Waals surface area contributed by atoms with Crippen LogP contribution in [0.1, 0.15) is 5.56 Å². The van der Waals surface area contributed by atoms with E-state index in [1.165, 1.54) is 12.3 Å². The molecule has 0 spiro atoms. The van der Waals surface area contributed by atoms with Gasteiger partial charge in [-0.2, -0.15) is 4.98 Å². The van der Waals surface area contributed by atoms with E-state index >= 15 is 0 Å². The number of aromatic nitrogens is 4. The number of fused-ring (bicyclic) bond motifs is 1. The summed E-state index contributed by atoms with van der Waals surface area (Å²) >= 11 is 0. The smallest absolute Gasteiger partial charge is 0.363 e. The molecule has 1 fully saturated rings. The summed E-state index contributed by atoms with van der Waals surface area (Å²) in [7, 11) is 0. The van der Waals surface area contributed by atoms with Crippen molar-refractivity contribution >= 4 is 23.3 Å². The van der Waals surface area contributed by atoms with E-state index in [0.717, 1.165) is 41.3 Å². The Morgan fingerprint density at radius 3 is 2.63 bits per heavy atom. The Kier molecular flexibility index (Phi) is 4.68. The van der Waals surface area contributed by atoms with Crippen LogP contribution in [0.2, 0.25) is 0 Å². The lowest BCUT2D eigenvalue weighted by atomic mass is 10.1. The number of rotatable bonds is 4. The molecule has 2 aliphatic heterocycles. The summed E-state index contributed by atoms with van der Waals surface area (Å²) in [5.41, 5.74) is 3.47. The lowest BCUT2D eigenvalue weighted by Crippen LogP contribution is -2.37. The van der Waals surface area contributed by atoms with E-state index in [-0.39, 0.29) is 5.82 Å². The topological polar surface area (TPSA) is 110 Å². The Balaban J connectivity index is 1.62. The molecule has 2 aliphatic rings. The molecular formula is C20H19N7O3. The Labute approximate surface area is 172 Å². The van der Waals surface area contributed by atoms with Gasteiger partial charge in [0.1, 0.15) is 12.0 Å². The standard InChI is InChI=1S/C20H19N7O3/c28-27(29)17-4-3-14(12-22-17)18-16-5-7-26(15-2-1-6-21-13-15)19(16)24-20(23-18)25-8-10-30-11-9-25/h1-4,6,12-13H,5,7-11H2. The molecule has 1 saturated heterocycles. The highest BCUT2D eigenvalue weighted by Gasteiger charge is 2.29. The Hall–Kier alpha value is -3.66. The van der Waals surface area contributed by atoms with Gasteiger partial charge >= 0.3 is 5.82 Å². The van der Waals surface area contributed by atoms with Gasteiger partial charge in [-0.1, -0.05) is 0 Å². The molecule has 0 N–H and O–H groups in total. The van der Waals surface area contributed by atoms with Crippen molar-refractivity contribution in [2.24, 2.45) is 0 Å². The normalized spacial score (nSPS) is 15.9. The Morgan fingerprint density at radius 1 is 1.07 bits per heavy atom. The number of nitro groups is 1. The van der Waals surface area contributed by atoms with Crippen LogP contribution in [0.15, 0.2) is 42.9 Å². The van der Waals surface area contributed by atoms with E-state index in [2.05, 4.69) is 19.8 Å². The molecule has 0 atom stereocenters. The van der Waals surface area contributed by atoms with Crippen molar-refractivity contribution in [3.8, 4) is 11.3 Å². The molecule has 0 aromatic carbocycles. The van der Waals surface area contributed by atoms with Crippen LogP contribution in [0, 0.1) is 10.1 Å². The summed E-state index contributed by atoms with van der Waals surface area (Å²) in [5.74, 6) is 1.28. The molecule has 3 aromatic heterocycles. The molecule has 10 nitrogen and oxygen atoms in total. The first kappa shape index (κ1) is 18.4. The van der Waals surface area contributed by atoms with Crippen molar-refractivity contribution in [2.75, 3.05) is 42.6 Å². The maximum Gasteiger partial charge on any atom is 0.363 e. The zero-order valence-electron chi connectivity index (χ0n) is 16.1. The van der Waals surface area contributed by atoms with E-state index in [9.17, 15) is 10.1 Å². The monoisotopic (exact) mass is 405 g/mol. The van der Waals surface area contributed by atoms with Gasteiger partial charge < -0.3 is 24.7 Å². The van der Waals surface area contributed by atoms with E-state index in [1.807, 2.05) is 18.3 Å². The Bertz CT molecular complexity index is 1070. The van der Waals surface area contributed by atoms with Crippen molar-refractivity contribution in [2.45, 2.75) is 6.42 Å². The minimum atomic E-state index is -0.502. The lowest BCUT2D eigenvalue weighted by Gasteiger charge is -2.28. The van der Waals surface area contributed by atoms with E-state index in [0.29, 0.717) is 32.3 Å². The summed E-state index contributed by atoms with van der Waals surface area (Å²) in [4.78, 5) is 32.7. The molecule has 10 heteroatoms. The highest BCUT2D eigenvalue weighted by atomic mass is 16.6. The fraction of sp³-hybridized carbons (Fsp3) is 0.300. The molecule has 5 rings (SSSR count). The zero-order chi connectivity index (χ0) is 20.5. The molecule has 0 bridgehead atoms. The van der Waals surface area contributed by atoms with E-state index < -0.39 is 4.92 Å². The highest BCUT2D eigenvalue weighted by Crippen LogP contribution is 2.39. The number of hydrogen-bond acceptors (Lipinski definition) is 9. The molecule has 0 amide bonds. The SMILES string of the molecule is O=[N+]([O-])c1ccc(-c2nc(N3CCOCC3)nc3c2CCN3c2cccnc2)cn1. The van der Waals surface area contributed by atoms with Crippen molar-refractivity contribution in [3.05, 3.63) is 58.5 Å². The van der Waals surface area contributed by atoms with Crippen molar-refractivity contribution < 1.29 is 9.66 Å². The van der Waals surface area contributed by atoms with Gasteiger partial charge in [-0.25, -0.2) is 4.98 Å². The number of anilines is 3. The third-order valence-corrected chi connectivity index (χ3v) is 5.27. The predicted molar refractivity (Wildman–Crippen MR) is 110 cm³/mol. The second-order valence-electron chi connectivity index (χ2n) is 7.05. The van der Waals surface area contributed by atoms with Crippen LogP contribution in [0.3, 0.4) is 0 Å². The molecule has 3 aromatic rings. The lowest BCUT2D eigenvalue weighted by molar-refractivity contribution is -0.389. The number of pyridine rings is 2. The molecule has 0 saturated carbocycles. The summed E-state index contributed by atoms with van der Waals surface area (Å²) in [6, 6.07) is 7.01. The van der Waals surface area contributed by atoms with Gasteiger partial charge in [0.2, 0.25) is 5.95 Å². The average Bonchev–Trinajstić information content (AvgIpc) is 3.24. The van der Waals surface area contributed by atoms with Crippen molar-refractivity contribution in [1.82, 2.24) is 19.9 Å². The van der Waals surface area contributed by atoms with E-state index in [1.54, 1.807) is 12.3 Å². The van der Waals surface area contributed by atoms with Crippen LogP contribution in [0.5, 0.6) is 0 Å². The molecule has 0 radical (unpaired) electrons. The summed E-state index contributed by atoms with van der Waals surface area (Å²) in [6.45, 7) is 3.44. The molecular weight excluding hydrogens is 386 g/mol. The van der Waals surface area contributed by atoms with Gasteiger partial charge in [0.05, 0.1) is 30.8 Å². The zero-order valence-corrected chi connectivity index (χ0v) is 16.1. The van der Waals surface area contributed by atoms with Crippen LogP contribution < -0.4 is 9.80 Å². The van der Waals surface area contributed by atoms with Gasteiger partial charge in [-0.3, -0.25) is 4.98 Å². The molecule has 0 aliphatic carbocycles. The van der Waals surface area contributed by atoms with E-state index in [4.69, 9.17) is 14.7 Å². The molecule has 30 heavy (non-hydrogen) atoms. The van der Waals surface area contributed by atoms with Crippen LogP contribution in [-0.4, -0.2) is 57.7 Å². The van der Waals surface area contributed by atoms with Gasteiger partial charge in [0.25, 0.3) is 0 Å². The van der Waals surface area contributed by atoms with Crippen LogP contribution in [-0.2, 0) is 11.2 Å². The summed E-state index contributed by atoms with van der Waals surface area (Å²) < 4.78 is 5.47. The number of hydrogen-bond donors (Lipinski definition) is 0. The van der Waals surface area contributed by atoms with Gasteiger partial charge in [0.15, 0.2) is 0 Å². The molecule has 5 heterocycles. The van der Waals surface area contributed by atoms with Crippen LogP contribution in [0.4, 0.5) is 23.3 Å². The maximum absolute atomic E-state index is 11.0. The van der Waals surface area contributed by atoms with Crippen LogP contribution in [0.25, 0.3) is 11.3 Å². The van der Waals surface area contributed by atoms with Gasteiger partial charge in [-0.05, 0) is 34.5 Å². The summed E-state index contributed by atoms with van der Waals surface area (Å²) in [6.07, 6.45) is 5.84. The van der Waals surface area contributed by atoms with Crippen molar-refractivity contribution in [1.29, 1.82) is 0 Å².